The maximum atomic E-state index is 14.9. The van der Waals surface area contributed by atoms with Gasteiger partial charge in [0.1, 0.15) is 5.82 Å². The highest BCUT2D eigenvalue weighted by atomic mass is 19.1. The summed E-state index contributed by atoms with van der Waals surface area (Å²) in [7, 11) is 0. The molecule has 0 N–H and O–H groups in total. The summed E-state index contributed by atoms with van der Waals surface area (Å²) in [4.78, 5) is 0. The molecular formula is C27H29F. The van der Waals surface area contributed by atoms with E-state index in [1.54, 1.807) is 6.07 Å². The standard InChI is InChI=1S/C27H29F/c1-3-5-6-7-9-21-10-12-22(13-11-21)14-16-24-17-18-25-20-23(8-4-2)15-19-26(25)27(24)28/h10-13,15,17-20H,3-9H2,1-2H3. The minimum atomic E-state index is -0.222. The van der Waals surface area contributed by atoms with Gasteiger partial charge in [0.05, 0.1) is 5.56 Å². The van der Waals surface area contributed by atoms with E-state index in [4.69, 9.17) is 0 Å². The molecule has 0 aliphatic heterocycles. The van der Waals surface area contributed by atoms with Crippen LogP contribution in [0.5, 0.6) is 0 Å². The third-order valence-electron chi connectivity index (χ3n) is 5.17. The SMILES string of the molecule is CCCCCCc1ccc(C#Cc2ccc3cc(CCC)ccc3c2F)cc1. The second kappa shape index (κ2) is 10.1. The van der Waals surface area contributed by atoms with Crippen molar-refractivity contribution in [2.24, 2.45) is 0 Å². The van der Waals surface area contributed by atoms with Gasteiger partial charge in [-0.3, -0.25) is 0 Å². The Bertz CT molecular complexity index is 971. The van der Waals surface area contributed by atoms with E-state index < -0.39 is 0 Å². The number of hydrogen-bond acceptors (Lipinski definition) is 0. The van der Waals surface area contributed by atoms with Gasteiger partial charge in [-0.25, -0.2) is 4.39 Å². The Morgan fingerprint density at radius 1 is 0.714 bits per heavy atom. The van der Waals surface area contributed by atoms with Crippen molar-refractivity contribution in [1.29, 1.82) is 0 Å². The average molecular weight is 373 g/mol. The number of hydrogen-bond donors (Lipinski definition) is 0. The van der Waals surface area contributed by atoms with E-state index in [1.807, 2.05) is 30.3 Å². The zero-order valence-corrected chi connectivity index (χ0v) is 17.0. The number of aryl methyl sites for hydroxylation is 2. The highest BCUT2D eigenvalue weighted by Gasteiger charge is 2.06. The van der Waals surface area contributed by atoms with Gasteiger partial charge in [-0.2, -0.15) is 0 Å². The Hall–Kier alpha value is -2.59. The fourth-order valence-electron chi connectivity index (χ4n) is 3.53. The van der Waals surface area contributed by atoms with Crippen molar-refractivity contribution < 1.29 is 4.39 Å². The van der Waals surface area contributed by atoms with Gasteiger partial charge in [0.15, 0.2) is 0 Å². The molecule has 0 aliphatic carbocycles. The molecule has 0 aromatic heterocycles. The van der Waals surface area contributed by atoms with Crippen LogP contribution in [0, 0.1) is 17.7 Å². The third-order valence-corrected chi connectivity index (χ3v) is 5.17. The Morgan fingerprint density at radius 3 is 2.25 bits per heavy atom. The molecule has 144 valence electrons. The Balaban J connectivity index is 1.73. The van der Waals surface area contributed by atoms with Crippen LogP contribution in [0.25, 0.3) is 10.8 Å². The molecule has 3 aromatic carbocycles. The van der Waals surface area contributed by atoms with Crippen molar-refractivity contribution in [3.63, 3.8) is 0 Å². The Kier molecular flexibility index (Phi) is 7.26. The molecule has 3 rings (SSSR count). The minimum Gasteiger partial charge on any atom is -0.205 e. The molecule has 0 nitrogen and oxygen atoms in total. The fraction of sp³-hybridized carbons (Fsp3) is 0.333. The highest BCUT2D eigenvalue weighted by Crippen LogP contribution is 2.23. The predicted molar refractivity (Wildman–Crippen MR) is 118 cm³/mol. The largest absolute Gasteiger partial charge is 0.205 e. The van der Waals surface area contributed by atoms with Gasteiger partial charge in [0, 0.05) is 10.9 Å². The van der Waals surface area contributed by atoms with Gasteiger partial charge >= 0.3 is 0 Å². The molecule has 1 heteroatoms. The summed E-state index contributed by atoms with van der Waals surface area (Å²) in [5.74, 6) is 5.91. The zero-order chi connectivity index (χ0) is 19.8. The molecule has 0 aliphatic rings. The average Bonchev–Trinajstić information content (AvgIpc) is 2.72. The van der Waals surface area contributed by atoms with E-state index in [9.17, 15) is 4.39 Å². The molecular weight excluding hydrogens is 343 g/mol. The van der Waals surface area contributed by atoms with Gasteiger partial charge in [0.2, 0.25) is 0 Å². The van der Waals surface area contributed by atoms with Gasteiger partial charge in [-0.05, 0) is 54.0 Å². The number of rotatable bonds is 7. The summed E-state index contributed by atoms with van der Waals surface area (Å²) < 4.78 is 14.9. The molecule has 0 unspecified atom stereocenters. The molecule has 0 spiro atoms. The van der Waals surface area contributed by atoms with Crippen LogP contribution >= 0.6 is 0 Å². The minimum absolute atomic E-state index is 0.222. The molecule has 0 bridgehead atoms. The first-order valence-corrected chi connectivity index (χ1v) is 10.5. The molecule has 0 radical (unpaired) electrons. The van der Waals surface area contributed by atoms with Gasteiger partial charge in [-0.15, -0.1) is 0 Å². The maximum Gasteiger partial charge on any atom is 0.146 e. The lowest BCUT2D eigenvalue weighted by atomic mass is 10.0. The van der Waals surface area contributed by atoms with Crippen molar-refractivity contribution >= 4 is 10.8 Å². The molecule has 0 atom stereocenters. The molecule has 3 aromatic rings. The van der Waals surface area contributed by atoms with E-state index in [0.717, 1.165) is 30.2 Å². The Labute approximate surface area is 168 Å². The van der Waals surface area contributed by atoms with Crippen LogP contribution in [0.2, 0.25) is 0 Å². The first kappa shape index (κ1) is 20.2. The van der Waals surface area contributed by atoms with Crippen LogP contribution in [0.4, 0.5) is 4.39 Å². The molecule has 0 heterocycles. The summed E-state index contributed by atoms with van der Waals surface area (Å²) >= 11 is 0. The normalized spacial score (nSPS) is 10.7. The number of benzene rings is 3. The van der Waals surface area contributed by atoms with Crippen LogP contribution < -0.4 is 0 Å². The van der Waals surface area contributed by atoms with Crippen LogP contribution in [-0.4, -0.2) is 0 Å². The first-order valence-electron chi connectivity index (χ1n) is 10.5. The first-order chi connectivity index (χ1) is 13.7. The van der Waals surface area contributed by atoms with Gasteiger partial charge in [-0.1, -0.05) is 87.8 Å². The summed E-state index contributed by atoms with van der Waals surface area (Å²) in [6.07, 6.45) is 8.33. The molecule has 0 saturated heterocycles. The quantitative estimate of drug-likeness (QED) is 0.298. The molecule has 28 heavy (non-hydrogen) atoms. The molecule has 0 saturated carbocycles. The van der Waals surface area contributed by atoms with E-state index in [1.165, 1.54) is 36.8 Å². The van der Waals surface area contributed by atoms with Crippen LogP contribution in [0.15, 0.2) is 54.6 Å². The van der Waals surface area contributed by atoms with Crippen LogP contribution in [-0.2, 0) is 12.8 Å². The van der Waals surface area contributed by atoms with E-state index >= 15 is 0 Å². The monoisotopic (exact) mass is 372 g/mol. The summed E-state index contributed by atoms with van der Waals surface area (Å²) in [6.45, 7) is 4.39. The maximum absolute atomic E-state index is 14.9. The van der Waals surface area contributed by atoms with Gasteiger partial charge < -0.3 is 0 Å². The predicted octanol–water partition coefficient (Wildman–Crippen LogP) is 7.45. The lowest BCUT2D eigenvalue weighted by Crippen LogP contribution is -1.89. The van der Waals surface area contributed by atoms with E-state index in [2.05, 4.69) is 43.9 Å². The molecule has 0 fully saturated rings. The lowest BCUT2D eigenvalue weighted by molar-refractivity contribution is 0.636. The van der Waals surface area contributed by atoms with Crippen LogP contribution in [0.3, 0.4) is 0 Å². The van der Waals surface area contributed by atoms with Crippen molar-refractivity contribution in [3.8, 4) is 11.8 Å². The highest BCUT2D eigenvalue weighted by molar-refractivity contribution is 5.85. The number of fused-ring (bicyclic) bond motifs is 1. The van der Waals surface area contributed by atoms with Crippen LogP contribution in [0.1, 0.15) is 68.2 Å². The topological polar surface area (TPSA) is 0 Å². The van der Waals surface area contributed by atoms with Crippen molar-refractivity contribution in [3.05, 3.63) is 82.7 Å². The van der Waals surface area contributed by atoms with Gasteiger partial charge in [0.25, 0.3) is 0 Å². The Morgan fingerprint density at radius 2 is 1.50 bits per heavy atom. The number of halogens is 1. The summed E-state index contributed by atoms with van der Waals surface area (Å²) in [5, 5.41) is 1.59. The summed E-state index contributed by atoms with van der Waals surface area (Å²) in [6, 6.07) is 18.1. The zero-order valence-electron chi connectivity index (χ0n) is 17.0. The van der Waals surface area contributed by atoms with Crippen molar-refractivity contribution in [2.75, 3.05) is 0 Å². The van der Waals surface area contributed by atoms with Crippen molar-refractivity contribution in [2.45, 2.75) is 58.8 Å². The fourth-order valence-corrected chi connectivity index (χ4v) is 3.53. The lowest BCUT2D eigenvalue weighted by Gasteiger charge is -2.05. The van der Waals surface area contributed by atoms with E-state index in [-0.39, 0.29) is 5.82 Å². The second-order valence-corrected chi connectivity index (χ2v) is 7.49. The second-order valence-electron chi connectivity index (χ2n) is 7.49. The molecule has 0 amide bonds. The van der Waals surface area contributed by atoms with E-state index in [0.29, 0.717) is 10.9 Å². The van der Waals surface area contributed by atoms with Crippen molar-refractivity contribution in [1.82, 2.24) is 0 Å². The third kappa shape index (κ3) is 5.23. The number of unbranched alkanes of at least 4 members (excludes halogenated alkanes) is 3. The smallest absolute Gasteiger partial charge is 0.146 e. The summed E-state index contributed by atoms with van der Waals surface area (Å²) in [5.41, 5.74) is 3.99.